The van der Waals surface area contributed by atoms with Crippen LogP contribution in [0.5, 0.6) is 0 Å². The number of nitrogens with zero attached hydrogens (tertiary/aromatic N) is 3. The number of nitrogens with one attached hydrogen (secondary N) is 1. The van der Waals surface area contributed by atoms with Crippen molar-refractivity contribution in [2.75, 3.05) is 20.2 Å². The number of Topliss-reactive ketones (excluding diaryl/α,β-unsaturated/α-hetero) is 2. The summed E-state index contributed by atoms with van der Waals surface area (Å²) in [6.45, 7) is 16.1. The van der Waals surface area contributed by atoms with Crippen molar-refractivity contribution < 1.29 is 52.4 Å². The molecule has 15 heteroatoms. The Labute approximate surface area is 319 Å². The van der Waals surface area contributed by atoms with Gasteiger partial charge in [-0.2, -0.15) is 0 Å². The molecule has 1 unspecified atom stereocenters. The van der Waals surface area contributed by atoms with E-state index in [9.17, 15) is 24.3 Å². The van der Waals surface area contributed by atoms with E-state index in [4.69, 9.17) is 23.7 Å². The number of carbonyl (C=O) groups excluding carboxylic acids is 4. The third kappa shape index (κ3) is 9.01. The van der Waals surface area contributed by atoms with Crippen LogP contribution < -0.4 is 5.32 Å². The number of amides is 1. The van der Waals surface area contributed by atoms with Gasteiger partial charge in [0.25, 0.3) is 5.67 Å². The van der Waals surface area contributed by atoms with Gasteiger partial charge in [0.15, 0.2) is 17.7 Å². The van der Waals surface area contributed by atoms with Gasteiger partial charge < -0.3 is 43.6 Å². The molecular weight excluding hydrogens is 703 g/mol. The number of halogens is 1. The van der Waals surface area contributed by atoms with Gasteiger partial charge in [-0.15, -0.1) is 0 Å². The molecule has 3 aliphatic heterocycles. The van der Waals surface area contributed by atoms with Crippen molar-refractivity contribution in [3.63, 3.8) is 0 Å². The average molecular weight is 767 g/mol. The molecule has 54 heavy (non-hydrogen) atoms. The first-order valence-corrected chi connectivity index (χ1v) is 19.6. The SMILES string of the molecule is CCCN[C@H]1C[C@@H](C)O[C@@H](O[C@@H]2[C@@H](C)C(=O)[C@](C)(F)C(=O)O[C@H](CC)[C@@]3(C)OC(=O)N(CCCCn4ccnc4)C3[C@@H](C)C(=O)[C@H](C)C[C@@]2(C)OC)[C@H]1O. The summed E-state index contributed by atoms with van der Waals surface area (Å²) in [5.41, 5.74) is -6.15. The van der Waals surface area contributed by atoms with E-state index in [1.165, 1.54) is 18.9 Å². The largest absolute Gasteiger partial charge is 0.455 e. The van der Waals surface area contributed by atoms with Crippen LogP contribution in [0.1, 0.15) is 101 Å². The number of hydrogen-bond donors (Lipinski definition) is 2. The predicted octanol–water partition coefficient (Wildman–Crippen LogP) is 4.40. The van der Waals surface area contributed by atoms with Crippen molar-refractivity contribution in [2.24, 2.45) is 17.8 Å². The van der Waals surface area contributed by atoms with Gasteiger partial charge in [0.2, 0.25) is 0 Å². The molecule has 0 bridgehead atoms. The van der Waals surface area contributed by atoms with Gasteiger partial charge in [-0.3, -0.25) is 9.59 Å². The van der Waals surface area contributed by atoms with Crippen molar-refractivity contribution in [1.82, 2.24) is 19.8 Å². The molecule has 3 aliphatic rings. The third-order valence-corrected chi connectivity index (χ3v) is 11.8. The second kappa shape index (κ2) is 17.9. The fraction of sp³-hybridized carbons (Fsp3) is 0.821. The lowest BCUT2D eigenvalue weighted by molar-refractivity contribution is -0.290. The average Bonchev–Trinajstić information content (AvgIpc) is 3.74. The first-order valence-electron chi connectivity index (χ1n) is 19.6. The van der Waals surface area contributed by atoms with Gasteiger partial charge in [-0.1, -0.05) is 34.6 Å². The first-order chi connectivity index (χ1) is 25.4. The van der Waals surface area contributed by atoms with E-state index in [2.05, 4.69) is 10.3 Å². The number of ether oxygens (including phenoxy) is 5. The number of fused-ring (bicyclic) bond motifs is 1. The Kier molecular flexibility index (Phi) is 14.5. The van der Waals surface area contributed by atoms with E-state index < -0.39 is 83.1 Å². The van der Waals surface area contributed by atoms with Gasteiger partial charge in [-0.25, -0.2) is 19.0 Å². The van der Waals surface area contributed by atoms with Crippen molar-refractivity contribution in [1.29, 1.82) is 0 Å². The quantitative estimate of drug-likeness (QED) is 0.175. The molecule has 3 fully saturated rings. The lowest BCUT2D eigenvalue weighted by Crippen LogP contribution is -2.62. The summed E-state index contributed by atoms with van der Waals surface area (Å²) in [6, 6.07) is -1.28. The summed E-state index contributed by atoms with van der Waals surface area (Å²) in [6.07, 6.45) is 2.08. The molecule has 0 aromatic carbocycles. The number of aromatic nitrogens is 2. The molecule has 0 radical (unpaired) electrons. The minimum absolute atomic E-state index is 0.0125. The molecule has 13 atom stereocenters. The highest BCUT2D eigenvalue weighted by Crippen LogP contribution is 2.43. The maximum absolute atomic E-state index is 16.8. The Hall–Kier alpha value is -2.98. The number of aliphatic hydroxyl groups excluding tert-OH is 1. The highest BCUT2D eigenvalue weighted by Gasteiger charge is 2.61. The van der Waals surface area contributed by atoms with Crippen molar-refractivity contribution >= 4 is 23.6 Å². The molecule has 14 nitrogen and oxygen atoms in total. The van der Waals surface area contributed by atoms with E-state index in [-0.39, 0.29) is 37.3 Å². The topological polar surface area (TPSA) is 168 Å². The lowest BCUT2D eigenvalue weighted by atomic mass is 9.73. The summed E-state index contributed by atoms with van der Waals surface area (Å²) in [5, 5.41) is 14.7. The number of aryl methyl sites for hydroxylation is 1. The molecule has 306 valence electrons. The number of esters is 1. The maximum Gasteiger partial charge on any atom is 0.410 e. The highest BCUT2D eigenvalue weighted by atomic mass is 19.1. The number of alkyl halides is 1. The Morgan fingerprint density at radius 3 is 2.35 bits per heavy atom. The second-order valence-electron chi connectivity index (χ2n) is 16.1. The molecule has 0 aliphatic carbocycles. The van der Waals surface area contributed by atoms with Crippen LogP contribution in [0, 0.1) is 17.8 Å². The minimum atomic E-state index is -3.16. The number of hydrogen-bond acceptors (Lipinski definition) is 12. The summed E-state index contributed by atoms with van der Waals surface area (Å²) in [4.78, 5) is 61.8. The lowest BCUT2D eigenvalue weighted by Gasteiger charge is -2.46. The fourth-order valence-corrected chi connectivity index (χ4v) is 8.75. The van der Waals surface area contributed by atoms with Gasteiger partial charge >= 0.3 is 12.1 Å². The molecule has 4 heterocycles. The number of rotatable bonds is 12. The number of aliphatic hydroxyl groups is 1. The monoisotopic (exact) mass is 766 g/mol. The van der Waals surface area contributed by atoms with Crippen LogP contribution in [0.2, 0.25) is 0 Å². The van der Waals surface area contributed by atoms with Crippen molar-refractivity contribution in [2.45, 2.75) is 167 Å². The minimum Gasteiger partial charge on any atom is -0.455 e. The molecule has 0 saturated carbocycles. The van der Waals surface area contributed by atoms with Gasteiger partial charge in [0.1, 0.15) is 18.0 Å². The second-order valence-corrected chi connectivity index (χ2v) is 16.1. The Bertz CT molecular complexity index is 1450. The number of unbranched alkanes of at least 4 members (excludes halogenated alkanes) is 1. The standard InChI is InChI=1S/C39H63FN4O10/c1-11-15-42-27-20-24(4)51-34(30(27)46)53-33-26(6)32(47)38(8,40)35(48)52-28(12-2)39(9)31(25(5)29(45)23(3)21-37(33,7)50-10)44(36(49)54-39)18-14-13-17-43-19-16-41-22-43/h16,19,22-28,30-31,33-34,42,46H,11-15,17-18,20-21H2,1-10H3/t23-,24-,25+,26+,27+,28-,30+,31?,33-,34+,37-,38+,39-/m1/s1. The Balaban J connectivity index is 1.74. The van der Waals surface area contributed by atoms with Crippen molar-refractivity contribution in [3.8, 4) is 0 Å². The van der Waals surface area contributed by atoms with Gasteiger partial charge in [-0.05, 0) is 72.8 Å². The third-order valence-electron chi connectivity index (χ3n) is 11.8. The van der Waals surface area contributed by atoms with Gasteiger partial charge in [0, 0.05) is 56.4 Å². The molecular formula is C39H63FN4O10. The van der Waals surface area contributed by atoms with E-state index in [0.717, 1.165) is 13.3 Å². The molecule has 4 rings (SSSR count). The number of imidazole rings is 1. The van der Waals surface area contributed by atoms with E-state index >= 15 is 4.39 Å². The number of methoxy groups -OCH3 is 1. The summed E-state index contributed by atoms with van der Waals surface area (Å²) in [5.74, 6) is -5.70. The van der Waals surface area contributed by atoms with E-state index in [0.29, 0.717) is 32.4 Å². The molecule has 3 saturated heterocycles. The number of cyclic esters (lactones) is 1. The molecule has 0 spiro atoms. The molecule has 1 aromatic heterocycles. The first kappa shape index (κ1) is 43.7. The van der Waals surface area contributed by atoms with Crippen LogP contribution in [0.3, 0.4) is 0 Å². The van der Waals surface area contributed by atoms with Gasteiger partial charge in [0.05, 0.1) is 30.2 Å². The highest BCUT2D eigenvalue weighted by molar-refractivity contribution is 6.08. The molecule has 1 aromatic rings. The smallest absolute Gasteiger partial charge is 0.410 e. The molecule has 1 amide bonds. The van der Waals surface area contributed by atoms with Crippen LogP contribution in [-0.4, -0.2) is 123 Å². The zero-order chi connectivity index (χ0) is 40.2. The Morgan fingerprint density at radius 1 is 1.06 bits per heavy atom. The summed E-state index contributed by atoms with van der Waals surface area (Å²) in [7, 11) is 1.41. The van der Waals surface area contributed by atoms with Crippen LogP contribution in [0.15, 0.2) is 18.7 Å². The van der Waals surface area contributed by atoms with Crippen molar-refractivity contribution in [3.05, 3.63) is 18.7 Å². The zero-order valence-electron chi connectivity index (χ0n) is 33.7. The fourth-order valence-electron chi connectivity index (χ4n) is 8.75. The van der Waals surface area contributed by atoms with Crippen LogP contribution in [0.4, 0.5) is 9.18 Å². The number of ketones is 2. The normalized spacial score (nSPS) is 39.9. The van der Waals surface area contributed by atoms with Crippen LogP contribution in [-0.2, 0) is 44.6 Å². The zero-order valence-corrected chi connectivity index (χ0v) is 33.7. The predicted molar refractivity (Wildman–Crippen MR) is 196 cm³/mol. The Morgan fingerprint density at radius 2 is 1.74 bits per heavy atom. The van der Waals surface area contributed by atoms with E-state index in [1.807, 2.05) is 24.6 Å². The molecule has 2 N–H and O–H groups in total. The summed E-state index contributed by atoms with van der Waals surface area (Å²) < 4.78 is 49.2. The van der Waals surface area contributed by atoms with E-state index in [1.54, 1.807) is 47.1 Å². The summed E-state index contributed by atoms with van der Waals surface area (Å²) >= 11 is 0. The number of carbonyl (C=O) groups is 4. The van der Waals surface area contributed by atoms with Crippen LogP contribution >= 0.6 is 0 Å². The maximum atomic E-state index is 16.8. The van der Waals surface area contributed by atoms with Crippen LogP contribution in [0.25, 0.3) is 0 Å².